The maximum absolute atomic E-state index is 11.4. The third-order valence-corrected chi connectivity index (χ3v) is 3.21. The summed E-state index contributed by atoms with van der Waals surface area (Å²) >= 11 is 0. The molecule has 6 heteroatoms. The van der Waals surface area contributed by atoms with Crippen LogP contribution in [-0.2, 0) is 0 Å². The molecule has 100 valence electrons. The fourth-order valence-electron chi connectivity index (χ4n) is 2.27. The van der Waals surface area contributed by atoms with Crippen molar-refractivity contribution in [1.29, 1.82) is 5.26 Å². The summed E-state index contributed by atoms with van der Waals surface area (Å²) in [5.41, 5.74) is 4.44. The van der Waals surface area contributed by atoms with Crippen LogP contribution in [0.25, 0.3) is 0 Å². The van der Waals surface area contributed by atoms with Crippen LogP contribution in [0.3, 0.4) is 0 Å². The number of anilines is 1. The van der Waals surface area contributed by atoms with Crippen molar-refractivity contribution >= 4 is 11.7 Å². The molecule has 1 aromatic heterocycles. The van der Waals surface area contributed by atoms with E-state index in [-0.39, 0.29) is 11.1 Å². The normalized spacial score (nSPS) is 15.7. The third kappa shape index (κ3) is 2.66. The van der Waals surface area contributed by atoms with Crippen LogP contribution < -0.4 is 10.4 Å². The number of hydrogen-bond donors (Lipinski definition) is 2. The Kier molecular flexibility index (Phi) is 3.97. The Morgan fingerprint density at radius 2 is 2.32 bits per heavy atom. The molecule has 0 atom stereocenters. The number of aromatic nitrogens is 1. The summed E-state index contributed by atoms with van der Waals surface area (Å²) in [5, 5.41) is 20.3. The fraction of sp³-hybridized carbons (Fsp3) is 0.462. The van der Waals surface area contributed by atoms with E-state index in [1.165, 1.54) is 6.20 Å². The number of nitrogens with zero attached hydrogens (tertiary/aromatic N) is 3. The van der Waals surface area contributed by atoms with E-state index in [4.69, 9.17) is 0 Å². The van der Waals surface area contributed by atoms with Crippen molar-refractivity contribution in [3.05, 3.63) is 23.0 Å². The van der Waals surface area contributed by atoms with Gasteiger partial charge in [0.1, 0.15) is 11.6 Å². The molecule has 0 radical (unpaired) electrons. The standard InChI is InChI=1S/C13H16N4O2/c1-9-11(13(18)19)12(10(7-14)8-15-9)17-6-4-2-3-5-16-17/h8,16H,2-6H2,1H3,(H,18,19). The summed E-state index contributed by atoms with van der Waals surface area (Å²) in [6, 6.07) is 2.03. The zero-order valence-corrected chi connectivity index (χ0v) is 10.8. The second kappa shape index (κ2) is 5.67. The molecule has 0 amide bonds. The summed E-state index contributed by atoms with van der Waals surface area (Å²) in [4.78, 5) is 15.4. The molecule has 1 aromatic rings. The highest BCUT2D eigenvalue weighted by atomic mass is 16.4. The van der Waals surface area contributed by atoms with Crippen LogP contribution in [0.1, 0.15) is 40.9 Å². The largest absolute Gasteiger partial charge is 0.478 e. The summed E-state index contributed by atoms with van der Waals surface area (Å²) in [6.07, 6.45) is 4.55. The number of hydrazine groups is 1. The summed E-state index contributed by atoms with van der Waals surface area (Å²) in [6.45, 7) is 3.12. The van der Waals surface area contributed by atoms with E-state index in [2.05, 4.69) is 10.4 Å². The number of aryl methyl sites for hydroxylation is 1. The number of carboxylic acids is 1. The van der Waals surface area contributed by atoms with Crippen molar-refractivity contribution < 1.29 is 9.90 Å². The number of carboxylic acid groups (broad SMARTS) is 1. The van der Waals surface area contributed by atoms with Gasteiger partial charge >= 0.3 is 5.97 Å². The lowest BCUT2D eigenvalue weighted by Crippen LogP contribution is -2.39. The van der Waals surface area contributed by atoms with Crippen LogP contribution in [0.15, 0.2) is 6.20 Å². The van der Waals surface area contributed by atoms with Crippen molar-refractivity contribution in [2.75, 3.05) is 18.1 Å². The first kappa shape index (κ1) is 13.3. The Hall–Kier alpha value is -2.13. The fourth-order valence-corrected chi connectivity index (χ4v) is 2.27. The molecule has 19 heavy (non-hydrogen) atoms. The maximum atomic E-state index is 11.4. The molecule has 0 unspecified atom stereocenters. The van der Waals surface area contributed by atoms with Crippen molar-refractivity contribution in [3.8, 4) is 6.07 Å². The molecule has 0 bridgehead atoms. The molecule has 0 spiro atoms. The van der Waals surface area contributed by atoms with Gasteiger partial charge in [0, 0.05) is 19.3 Å². The number of aromatic carboxylic acids is 1. The van der Waals surface area contributed by atoms with Gasteiger partial charge < -0.3 is 10.1 Å². The zero-order valence-electron chi connectivity index (χ0n) is 10.8. The highest BCUT2D eigenvalue weighted by molar-refractivity contribution is 5.97. The van der Waals surface area contributed by atoms with Gasteiger partial charge in [0.2, 0.25) is 0 Å². The molecule has 1 fully saturated rings. The molecule has 0 saturated carbocycles. The van der Waals surface area contributed by atoms with Crippen LogP contribution in [0.4, 0.5) is 5.69 Å². The molecule has 0 aliphatic carbocycles. The molecule has 1 aliphatic rings. The van der Waals surface area contributed by atoms with Crippen molar-refractivity contribution in [3.63, 3.8) is 0 Å². The third-order valence-electron chi connectivity index (χ3n) is 3.21. The van der Waals surface area contributed by atoms with E-state index in [0.29, 0.717) is 17.9 Å². The quantitative estimate of drug-likeness (QED) is 0.836. The van der Waals surface area contributed by atoms with Gasteiger partial charge in [-0.25, -0.2) is 10.2 Å². The Balaban J connectivity index is 2.55. The number of nitrogens with one attached hydrogen (secondary N) is 1. The molecular weight excluding hydrogens is 244 g/mol. The smallest absolute Gasteiger partial charge is 0.339 e. The van der Waals surface area contributed by atoms with E-state index in [1.807, 2.05) is 6.07 Å². The zero-order chi connectivity index (χ0) is 13.8. The topological polar surface area (TPSA) is 89.3 Å². The minimum atomic E-state index is -1.05. The Morgan fingerprint density at radius 1 is 1.53 bits per heavy atom. The maximum Gasteiger partial charge on any atom is 0.339 e. The van der Waals surface area contributed by atoms with Gasteiger partial charge in [0.15, 0.2) is 0 Å². The van der Waals surface area contributed by atoms with Crippen LogP contribution in [-0.4, -0.2) is 29.1 Å². The number of hydrogen-bond acceptors (Lipinski definition) is 5. The van der Waals surface area contributed by atoms with Crippen molar-refractivity contribution in [2.45, 2.75) is 26.2 Å². The second-order valence-corrected chi connectivity index (χ2v) is 4.52. The highest BCUT2D eigenvalue weighted by Gasteiger charge is 2.23. The van der Waals surface area contributed by atoms with Gasteiger partial charge in [-0.2, -0.15) is 5.26 Å². The van der Waals surface area contributed by atoms with E-state index in [9.17, 15) is 15.2 Å². The first-order valence-corrected chi connectivity index (χ1v) is 6.29. The SMILES string of the molecule is Cc1ncc(C#N)c(N2CCCCCN2)c1C(=O)O. The number of rotatable bonds is 2. The molecule has 2 heterocycles. The van der Waals surface area contributed by atoms with Gasteiger partial charge in [0.05, 0.1) is 16.9 Å². The summed E-state index contributed by atoms with van der Waals surface area (Å²) < 4.78 is 0. The summed E-state index contributed by atoms with van der Waals surface area (Å²) in [7, 11) is 0. The average Bonchev–Trinajstić information content (AvgIpc) is 2.66. The number of nitriles is 1. The first-order valence-electron chi connectivity index (χ1n) is 6.29. The molecule has 6 nitrogen and oxygen atoms in total. The lowest BCUT2D eigenvalue weighted by atomic mass is 10.1. The van der Waals surface area contributed by atoms with E-state index >= 15 is 0 Å². The molecular formula is C13H16N4O2. The second-order valence-electron chi connectivity index (χ2n) is 4.52. The molecule has 2 rings (SSSR count). The first-order chi connectivity index (χ1) is 9.15. The predicted octanol–water partition coefficient (Wildman–Crippen LogP) is 1.45. The Morgan fingerprint density at radius 3 is 3.00 bits per heavy atom. The monoisotopic (exact) mass is 260 g/mol. The minimum absolute atomic E-state index is 0.105. The Bertz CT molecular complexity index is 528. The lowest BCUT2D eigenvalue weighted by Gasteiger charge is -2.26. The minimum Gasteiger partial charge on any atom is -0.478 e. The van der Waals surface area contributed by atoms with Gasteiger partial charge in [-0.05, 0) is 19.8 Å². The van der Waals surface area contributed by atoms with E-state index in [0.717, 1.165) is 25.8 Å². The van der Waals surface area contributed by atoms with Crippen molar-refractivity contribution in [1.82, 2.24) is 10.4 Å². The average molecular weight is 260 g/mol. The molecule has 2 N–H and O–H groups in total. The number of pyridine rings is 1. The van der Waals surface area contributed by atoms with Crippen LogP contribution in [0, 0.1) is 18.3 Å². The van der Waals surface area contributed by atoms with E-state index < -0.39 is 5.97 Å². The highest BCUT2D eigenvalue weighted by Crippen LogP contribution is 2.27. The van der Waals surface area contributed by atoms with Gasteiger partial charge in [-0.15, -0.1) is 0 Å². The van der Waals surface area contributed by atoms with Crippen LogP contribution >= 0.6 is 0 Å². The van der Waals surface area contributed by atoms with Gasteiger partial charge in [-0.1, -0.05) is 6.42 Å². The van der Waals surface area contributed by atoms with E-state index in [1.54, 1.807) is 11.9 Å². The van der Waals surface area contributed by atoms with Crippen LogP contribution in [0.5, 0.6) is 0 Å². The molecule has 1 aliphatic heterocycles. The molecule has 1 saturated heterocycles. The Labute approximate surface area is 111 Å². The predicted molar refractivity (Wildman–Crippen MR) is 69.8 cm³/mol. The molecule has 0 aromatic carbocycles. The summed E-state index contributed by atoms with van der Waals surface area (Å²) in [5.74, 6) is -1.05. The number of carbonyl (C=O) groups is 1. The van der Waals surface area contributed by atoms with Gasteiger partial charge in [-0.3, -0.25) is 4.98 Å². The van der Waals surface area contributed by atoms with Gasteiger partial charge in [0.25, 0.3) is 0 Å². The van der Waals surface area contributed by atoms with Crippen LogP contribution in [0.2, 0.25) is 0 Å². The van der Waals surface area contributed by atoms with Crippen molar-refractivity contribution in [2.24, 2.45) is 0 Å². The lowest BCUT2D eigenvalue weighted by molar-refractivity contribution is 0.0696.